The fourth-order valence-electron chi connectivity index (χ4n) is 2.31. The summed E-state index contributed by atoms with van der Waals surface area (Å²) in [4.78, 5) is 24.7. The fraction of sp³-hybridized carbons (Fsp3) is 0. The lowest BCUT2D eigenvalue weighted by Gasteiger charge is -1.99. The molecule has 0 saturated heterocycles. The predicted molar refractivity (Wildman–Crippen MR) is 75.7 cm³/mol. The molecule has 0 aliphatic heterocycles. The molecule has 21 heavy (non-hydrogen) atoms. The lowest BCUT2D eigenvalue weighted by Crippen LogP contribution is -1.88. The summed E-state index contributed by atoms with van der Waals surface area (Å²) < 4.78 is 13.3. The van der Waals surface area contributed by atoms with E-state index in [4.69, 9.17) is 0 Å². The number of nitrogens with one attached hydrogen (secondary N) is 1. The van der Waals surface area contributed by atoms with E-state index in [1.165, 1.54) is 36.4 Å². The Kier molecular flexibility index (Phi) is 2.98. The molecule has 3 rings (SSSR count). The van der Waals surface area contributed by atoms with Gasteiger partial charge in [0.1, 0.15) is 5.82 Å². The number of aromatic amines is 1. The van der Waals surface area contributed by atoms with Crippen LogP contribution in [0.3, 0.4) is 0 Å². The lowest BCUT2D eigenvalue weighted by atomic mass is 10.1. The Morgan fingerprint density at radius 1 is 1.19 bits per heavy atom. The van der Waals surface area contributed by atoms with Crippen molar-refractivity contribution in [2.75, 3.05) is 0 Å². The SMILES string of the molecule is O=Cc1c(-c2cccc(F)c2)[nH]c2ccc([N+](=O)[O-])cc12. The molecule has 0 spiro atoms. The molecule has 0 unspecified atom stereocenters. The van der Waals surface area contributed by atoms with Crippen molar-refractivity contribution in [2.24, 2.45) is 0 Å². The molecule has 5 nitrogen and oxygen atoms in total. The summed E-state index contributed by atoms with van der Waals surface area (Å²) in [6.07, 6.45) is 0.614. The molecule has 1 heterocycles. The van der Waals surface area contributed by atoms with Crippen molar-refractivity contribution >= 4 is 22.9 Å². The number of aromatic nitrogens is 1. The van der Waals surface area contributed by atoms with Crippen LogP contribution in [0.25, 0.3) is 22.2 Å². The number of rotatable bonds is 3. The van der Waals surface area contributed by atoms with E-state index >= 15 is 0 Å². The molecule has 3 aromatic rings. The van der Waals surface area contributed by atoms with Gasteiger partial charge < -0.3 is 4.98 Å². The van der Waals surface area contributed by atoms with Crippen molar-refractivity contribution in [1.82, 2.24) is 4.98 Å². The van der Waals surface area contributed by atoms with Gasteiger partial charge in [-0.15, -0.1) is 0 Å². The van der Waals surface area contributed by atoms with Crippen LogP contribution in [-0.2, 0) is 0 Å². The maximum Gasteiger partial charge on any atom is 0.270 e. The zero-order valence-electron chi connectivity index (χ0n) is 10.7. The molecule has 0 radical (unpaired) electrons. The van der Waals surface area contributed by atoms with Crippen molar-refractivity contribution in [3.05, 3.63) is 64.0 Å². The molecule has 0 amide bonds. The highest BCUT2D eigenvalue weighted by molar-refractivity contribution is 6.05. The Bertz CT molecular complexity index is 870. The van der Waals surface area contributed by atoms with E-state index in [1.807, 2.05) is 0 Å². The first-order chi connectivity index (χ1) is 10.1. The van der Waals surface area contributed by atoms with Crippen molar-refractivity contribution in [2.45, 2.75) is 0 Å². The Morgan fingerprint density at radius 3 is 2.67 bits per heavy atom. The van der Waals surface area contributed by atoms with Gasteiger partial charge in [0.25, 0.3) is 5.69 Å². The molecular formula is C15H9FN2O3. The number of non-ortho nitro benzene ring substituents is 1. The number of nitro benzene ring substituents is 1. The second-order valence-corrected chi connectivity index (χ2v) is 4.53. The third-order valence-corrected chi connectivity index (χ3v) is 3.26. The van der Waals surface area contributed by atoms with Crippen LogP contribution in [0, 0.1) is 15.9 Å². The highest BCUT2D eigenvalue weighted by Gasteiger charge is 2.16. The second kappa shape index (κ2) is 4.82. The van der Waals surface area contributed by atoms with Crippen molar-refractivity contribution in [1.29, 1.82) is 0 Å². The number of nitrogens with zero attached hydrogens (tertiary/aromatic N) is 1. The minimum absolute atomic E-state index is 0.101. The topological polar surface area (TPSA) is 76.0 Å². The van der Waals surface area contributed by atoms with E-state index in [0.29, 0.717) is 28.4 Å². The molecule has 104 valence electrons. The van der Waals surface area contributed by atoms with Crippen molar-refractivity contribution in [3.63, 3.8) is 0 Å². The smallest absolute Gasteiger partial charge is 0.270 e. The quantitative estimate of drug-likeness (QED) is 0.452. The van der Waals surface area contributed by atoms with Crippen LogP contribution in [0.5, 0.6) is 0 Å². The first kappa shape index (κ1) is 13.0. The van der Waals surface area contributed by atoms with Gasteiger partial charge in [0.05, 0.1) is 10.6 Å². The first-order valence-electron chi connectivity index (χ1n) is 6.11. The van der Waals surface area contributed by atoms with Gasteiger partial charge in [-0.05, 0) is 18.2 Å². The number of H-pyrrole nitrogens is 1. The van der Waals surface area contributed by atoms with Crippen LogP contribution in [0.1, 0.15) is 10.4 Å². The minimum Gasteiger partial charge on any atom is -0.354 e. The lowest BCUT2D eigenvalue weighted by molar-refractivity contribution is -0.384. The van der Waals surface area contributed by atoms with E-state index in [9.17, 15) is 19.3 Å². The summed E-state index contributed by atoms with van der Waals surface area (Å²) in [5.41, 5.74) is 1.72. The van der Waals surface area contributed by atoms with Crippen LogP contribution in [-0.4, -0.2) is 16.2 Å². The molecule has 1 N–H and O–H groups in total. The fourth-order valence-corrected chi connectivity index (χ4v) is 2.31. The summed E-state index contributed by atoms with van der Waals surface area (Å²) in [6, 6.07) is 10.0. The van der Waals surface area contributed by atoms with Crippen LogP contribution in [0.2, 0.25) is 0 Å². The van der Waals surface area contributed by atoms with E-state index < -0.39 is 10.7 Å². The summed E-state index contributed by atoms with van der Waals surface area (Å²) >= 11 is 0. The number of carbonyl (C=O) groups excluding carboxylic acids is 1. The summed E-state index contributed by atoms with van der Waals surface area (Å²) in [5, 5.41) is 11.3. The maximum atomic E-state index is 13.3. The molecule has 6 heteroatoms. The van der Waals surface area contributed by atoms with E-state index in [-0.39, 0.29) is 11.3 Å². The molecule has 2 aromatic carbocycles. The van der Waals surface area contributed by atoms with Gasteiger partial charge >= 0.3 is 0 Å². The zero-order chi connectivity index (χ0) is 15.0. The number of benzene rings is 2. The average Bonchev–Trinajstić information content (AvgIpc) is 2.84. The zero-order valence-corrected chi connectivity index (χ0v) is 10.7. The Balaban J connectivity index is 2.29. The number of nitro groups is 1. The molecular weight excluding hydrogens is 275 g/mol. The van der Waals surface area contributed by atoms with Crippen LogP contribution in [0.4, 0.5) is 10.1 Å². The molecule has 0 atom stereocenters. The van der Waals surface area contributed by atoms with Gasteiger partial charge in [-0.2, -0.15) is 0 Å². The number of halogens is 1. The average molecular weight is 284 g/mol. The highest BCUT2D eigenvalue weighted by atomic mass is 19.1. The Hall–Kier alpha value is -3.02. The molecule has 1 aromatic heterocycles. The number of hydrogen-bond acceptors (Lipinski definition) is 3. The summed E-state index contributed by atoms with van der Waals surface area (Å²) in [7, 11) is 0. The van der Waals surface area contributed by atoms with Crippen molar-refractivity contribution < 1.29 is 14.1 Å². The molecule has 0 saturated carbocycles. The largest absolute Gasteiger partial charge is 0.354 e. The maximum absolute atomic E-state index is 13.3. The van der Waals surface area contributed by atoms with Crippen LogP contribution < -0.4 is 0 Å². The molecule has 0 fully saturated rings. The van der Waals surface area contributed by atoms with Gasteiger partial charge in [0.15, 0.2) is 6.29 Å². The Labute approximate surface area is 118 Å². The van der Waals surface area contributed by atoms with Gasteiger partial charge in [-0.3, -0.25) is 14.9 Å². The molecule has 0 aliphatic carbocycles. The first-order valence-corrected chi connectivity index (χ1v) is 6.11. The standard InChI is InChI=1S/C15H9FN2O3/c16-10-3-1-2-9(6-10)15-13(8-19)12-7-11(18(20)21)4-5-14(12)17-15/h1-8,17H. The van der Waals surface area contributed by atoms with Crippen LogP contribution >= 0.6 is 0 Å². The highest BCUT2D eigenvalue weighted by Crippen LogP contribution is 2.31. The van der Waals surface area contributed by atoms with Gasteiger partial charge in [-0.1, -0.05) is 12.1 Å². The molecule has 0 bridgehead atoms. The summed E-state index contributed by atoms with van der Waals surface area (Å²) in [6.45, 7) is 0. The third-order valence-electron chi connectivity index (χ3n) is 3.26. The van der Waals surface area contributed by atoms with E-state index in [2.05, 4.69) is 4.98 Å². The Morgan fingerprint density at radius 2 is 2.00 bits per heavy atom. The van der Waals surface area contributed by atoms with E-state index in [1.54, 1.807) is 6.07 Å². The second-order valence-electron chi connectivity index (χ2n) is 4.53. The number of aldehydes is 1. The molecule has 0 aliphatic rings. The van der Waals surface area contributed by atoms with Gasteiger partial charge in [-0.25, -0.2) is 4.39 Å². The number of carbonyl (C=O) groups is 1. The van der Waals surface area contributed by atoms with Crippen molar-refractivity contribution in [3.8, 4) is 11.3 Å². The minimum atomic E-state index is -0.525. The monoisotopic (exact) mass is 284 g/mol. The predicted octanol–water partition coefficient (Wildman–Crippen LogP) is 3.69. The van der Waals surface area contributed by atoms with Crippen LogP contribution in [0.15, 0.2) is 42.5 Å². The van der Waals surface area contributed by atoms with E-state index in [0.717, 1.165) is 0 Å². The summed E-state index contributed by atoms with van der Waals surface area (Å²) in [5.74, 6) is -0.422. The van der Waals surface area contributed by atoms with Gasteiger partial charge in [0.2, 0.25) is 0 Å². The number of fused-ring (bicyclic) bond motifs is 1. The normalized spacial score (nSPS) is 10.7. The third kappa shape index (κ3) is 2.16. The van der Waals surface area contributed by atoms with Gasteiger partial charge in [0, 0.05) is 34.2 Å². The number of hydrogen-bond donors (Lipinski definition) is 1.